The molecule has 0 unspecified atom stereocenters. The van der Waals surface area contributed by atoms with Crippen LogP contribution in [-0.4, -0.2) is 38.5 Å². The van der Waals surface area contributed by atoms with E-state index >= 15 is 0 Å². The number of aromatic amines is 1. The maximum Gasteiger partial charge on any atom is 0.229 e. The third kappa shape index (κ3) is 4.51. The van der Waals surface area contributed by atoms with Gasteiger partial charge in [-0.25, -0.2) is 4.98 Å². The van der Waals surface area contributed by atoms with Gasteiger partial charge in [0.15, 0.2) is 5.82 Å². The minimum absolute atomic E-state index is 0.282. The van der Waals surface area contributed by atoms with E-state index in [1.807, 2.05) is 48.5 Å². The van der Waals surface area contributed by atoms with Gasteiger partial charge in [-0.05, 0) is 55.0 Å². The first kappa shape index (κ1) is 21.3. The summed E-state index contributed by atoms with van der Waals surface area (Å²) >= 11 is 6.41. The van der Waals surface area contributed by atoms with Gasteiger partial charge in [-0.2, -0.15) is 10.1 Å². The van der Waals surface area contributed by atoms with E-state index in [1.165, 1.54) is 5.30 Å². The zero-order valence-corrected chi connectivity index (χ0v) is 19.7. The van der Waals surface area contributed by atoms with Crippen LogP contribution in [0.4, 0.5) is 23.1 Å². The molecule has 0 amide bonds. The molecule has 164 valence electrons. The van der Waals surface area contributed by atoms with Crippen LogP contribution in [-0.2, 0) is 0 Å². The third-order valence-electron chi connectivity index (χ3n) is 5.16. The number of rotatable bonds is 6. The van der Waals surface area contributed by atoms with E-state index in [9.17, 15) is 0 Å². The van der Waals surface area contributed by atoms with Crippen LogP contribution in [0, 0.1) is 0 Å². The van der Waals surface area contributed by atoms with Crippen LogP contribution in [0.1, 0.15) is 0 Å². The van der Waals surface area contributed by atoms with Gasteiger partial charge in [0.2, 0.25) is 5.95 Å². The van der Waals surface area contributed by atoms with Crippen LogP contribution in [0.15, 0.2) is 73.2 Å². The summed E-state index contributed by atoms with van der Waals surface area (Å²) in [5.74, 6) is 1.00. The molecule has 5 rings (SSSR count). The molecular weight excluding hydrogens is 453 g/mol. The summed E-state index contributed by atoms with van der Waals surface area (Å²) in [6.07, 6.45) is 5.11. The Bertz CT molecular complexity index is 1420. The highest BCUT2D eigenvalue weighted by Crippen LogP contribution is 2.32. The van der Waals surface area contributed by atoms with E-state index in [4.69, 9.17) is 11.6 Å². The van der Waals surface area contributed by atoms with Crippen molar-refractivity contribution < 1.29 is 0 Å². The molecule has 9 heteroatoms. The zero-order valence-electron chi connectivity index (χ0n) is 18.0. The molecule has 0 saturated heterocycles. The van der Waals surface area contributed by atoms with Crippen molar-refractivity contribution in [1.82, 2.24) is 25.1 Å². The van der Waals surface area contributed by atoms with Crippen LogP contribution < -0.4 is 15.9 Å². The molecule has 3 aromatic heterocycles. The van der Waals surface area contributed by atoms with Gasteiger partial charge in [0.25, 0.3) is 0 Å². The first-order valence-corrected chi connectivity index (χ1v) is 12.9. The Hall–Kier alpha value is -3.54. The summed E-state index contributed by atoms with van der Waals surface area (Å²) in [6.45, 7) is 4.44. The quantitative estimate of drug-likeness (QED) is 0.265. The maximum atomic E-state index is 6.41. The Morgan fingerprint density at radius 3 is 2.61 bits per heavy atom. The highest BCUT2D eigenvalue weighted by atomic mass is 35.5. The Labute approximate surface area is 197 Å². The molecule has 0 spiro atoms. The summed E-state index contributed by atoms with van der Waals surface area (Å²) in [5.41, 5.74) is 4.65. The molecule has 7 nitrogen and oxygen atoms in total. The minimum Gasteiger partial charge on any atom is -0.338 e. The molecule has 0 aliphatic heterocycles. The van der Waals surface area contributed by atoms with Gasteiger partial charge in [0.05, 0.1) is 11.7 Å². The van der Waals surface area contributed by atoms with Gasteiger partial charge < -0.3 is 10.6 Å². The van der Waals surface area contributed by atoms with Crippen molar-refractivity contribution >= 4 is 58.9 Å². The molecule has 0 aliphatic rings. The fourth-order valence-electron chi connectivity index (χ4n) is 3.56. The lowest BCUT2D eigenvalue weighted by Gasteiger charge is -2.15. The first-order valence-electron chi connectivity index (χ1n) is 10.3. The number of fused-ring (bicyclic) bond motifs is 1. The standard InChI is InChI=1S/C24H21ClN7P/c1-33(2)21-6-4-3-5-20(21)29-23-18(25)14-27-24(30-23)28-16-7-8-19-17(13-16)22(32-31-19)15-9-11-26-12-10-15/h3-14H,1-2H3,(H,31,32)(H2,27,28,29,30). The van der Waals surface area contributed by atoms with E-state index in [0.29, 0.717) is 16.8 Å². The molecule has 0 aliphatic carbocycles. The monoisotopic (exact) mass is 473 g/mol. The summed E-state index contributed by atoms with van der Waals surface area (Å²) in [5, 5.41) is 16.9. The number of pyridine rings is 1. The normalized spacial score (nSPS) is 11.2. The SMILES string of the molecule is CP(C)c1ccccc1Nc1nc(Nc2ccc3[nH]nc(-c4ccncc4)c3c2)ncc1Cl. The molecule has 0 radical (unpaired) electrons. The van der Waals surface area contributed by atoms with E-state index in [2.05, 4.69) is 55.2 Å². The number of anilines is 4. The molecule has 0 bridgehead atoms. The van der Waals surface area contributed by atoms with Crippen LogP contribution in [0.3, 0.4) is 0 Å². The predicted molar refractivity (Wildman–Crippen MR) is 138 cm³/mol. The van der Waals surface area contributed by atoms with Crippen LogP contribution in [0.5, 0.6) is 0 Å². The number of H-pyrrole nitrogens is 1. The van der Waals surface area contributed by atoms with Crippen LogP contribution >= 0.6 is 19.5 Å². The second kappa shape index (κ2) is 9.14. The zero-order chi connectivity index (χ0) is 22.8. The van der Waals surface area contributed by atoms with Crippen molar-refractivity contribution in [2.45, 2.75) is 0 Å². The number of nitrogens with zero attached hydrogens (tertiary/aromatic N) is 4. The number of halogens is 1. The van der Waals surface area contributed by atoms with Crippen molar-refractivity contribution in [1.29, 1.82) is 0 Å². The van der Waals surface area contributed by atoms with Gasteiger partial charge in [0, 0.05) is 34.7 Å². The van der Waals surface area contributed by atoms with Gasteiger partial charge in [-0.1, -0.05) is 37.7 Å². The van der Waals surface area contributed by atoms with Crippen molar-refractivity contribution in [3.8, 4) is 11.3 Å². The van der Waals surface area contributed by atoms with Gasteiger partial charge in [-0.3, -0.25) is 10.1 Å². The van der Waals surface area contributed by atoms with E-state index in [0.717, 1.165) is 33.5 Å². The average Bonchev–Trinajstić information content (AvgIpc) is 3.25. The summed E-state index contributed by atoms with van der Waals surface area (Å²) in [6, 6.07) is 18.0. The molecule has 33 heavy (non-hydrogen) atoms. The van der Waals surface area contributed by atoms with E-state index < -0.39 is 0 Å². The summed E-state index contributed by atoms with van der Waals surface area (Å²) in [4.78, 5) is 13.1. The summed E-state index contributed by atoms with van der Waals surface area (Å²) < 4.78 is 0. The highest BCUT2D eigenvalue weighted by molar-refractivity contribution is 7.64. The Balaban J connectivity index is 1.44. The number of hydrogen-bond donors (Lipinski definition) is 3. The third-order valence-corrected chi connectivity index (χ3v) is 6.79. The molecule has 0 fully saturated rings. The Kier molecular flexibility index (Phi) is 5.90. The Morgan fingerprint density at radius 1 is 0.970 bits per heavy atom. The van der Waals surface area contributed by atoms with E-state index in [1.54, 1.807) is 18.6 Å². The fraction of sp³-hybridized carbons (Fsp3) is 0.0833. The number of aromatic nitrogens is 5. The van der Waals surface area contributed by atoms with Crippen LogP contribution in [0.25, 0.3) is 22.2 Å². The van der Waals surface area contributed by atoms with Crippen molar-refractivity contribution in [2.24, 2.45) is 0 Å². The minimum atomic E-state index is -0.282. The molecule has 3 heterocycles. The lowest BCUT2D eigenvalue weighted by molar-refractivity contribution is 1.12. The van der Waals surface area contributed by atoms with Crippen LogP contribution in [0.2, 0.25) is 5.02 Å². The molecule has 0 atom stereocenters. The second-order valence-electron chi connectivity index (χ2n) is 7.62. The average molecular weight is 474 g/mol. The molecule has 0 saturated carbocycles. The fourth-order valence-corrected chi connectivity index (χ4v) is 4.70. The first-order chi connectivity index (χ1) is 16.1. The highest BCUT2D eigenvalue weighted by Gasteiger charge is 2.12. The van der Waals surface area contributed by atoms with E-state index in [-0.39, 0.29) is 7.92 Å². The molecule has 2 aromatic carbocycles. The predicted octanol–water partition coefficient (Wildman–Crippen LogP) is 5.92. The maximum absolute atomic E-state index is 6.41. The molecule has 5 aromatic rings. The smallest absolute Gasteiger partial charge is 0.229 e. The molecule has 3 N–H and O–H groups in total. The number of para-hydroxylation sites is 1. The molecular formula is C24H21ClN7P. The van der Waals surface area contributed by atoms with Crippen molar-refractivity contribution in [3.63, 3.8) is 0 Å². The lowest BCUT2D eigenvalue weighted by atomic mass is 10.1. The van der Waals surface area contributed by atoms with Crippen molar-refractivity contribution in [2.75, 3.05) is 24.0 Å². The number of nitrogens with one attached hydrogen (secondary N) is 3. The second-order valence-corrected chi connectivity index (χ2v) is 10.3. The Morgan fingerprint density at radius 2 is 1.79 bits per heavy atom. The van der Waals surface area contributed by atoms with Gasteiger partial charge >= 0.3 is 0 Å². The largest absolute Gasteiger partial charge is 0.338 e. The number of benzene rings is 2. The van der Waals surface area contributed by atoms with Crippen molar-refractivity contribution in [3.05, 3.63) is 78.2 Å². The van der Waals surface area contributed by atoms with Gasteiger partial charge in [-0.15, -0.1) is 0 Å². The summed E-state index contributed by atoms with van der Waals surface area (Å²) in [7, 11) is -0.282. The van der Waals surface area contributed by atoms with Gasteiger partial charge in [0.1, 0.15) is 10.7 Å². The number of hydrogen-bond acceptors (Lipinski definition) is 6. The topological polar surface area (TPSA) is 91.4 Å². The lowest BCUT2D eigenvalue weighted by Crippen LogP contribution is -2.09.